The van der Waals surface area contributed by atoms with Gasteiger partial charge in [-0.25, -0.2) is 4.79 Å². The Kier molecular flexibility index (Phi) is 7.64. The number of ether oxygens (including phenoxy) is 1. The summed E-state index contributed by atoms with van der Waals surface area (Å²) in [5.41, 5.74) is 2.65. The van der Waals surface area contributed by atoms with Crippen molar-refractivity contribution in [2.24, 2.45) is 0 Å². The van der Waals surface area contributed by atoms with E-state index in [0.29, 0.717) is 12.8 Å². The number of carbonyl (C=O) groups excluding carboxylic acids is 2. The molecule has 2 amide bonds. The number of carbonyl (C=O) groups is 3. The summed E-state index contributed by atoms with van der Waals surface area (Å²) >= 11 is 0. The van der Waals surface area contributed by atoms with Crippen molar-refractivity contribution in [2.75, 3.05) is 6.61 Å². The van der Waals surface area contributed by atoms with Gasteiger partial charge in [0.2, 0.25) is 5.91 Å². The molecule has 0 atom stereocenters. The third kappa shape index (κ3) is 5.41. The average Bonchev–Trinajstić information content (AvgIpc) is 3.13. The fourth-order valence-corrected chi connectivity index (χ4v) is 4.54. The summed E-state index contributed by atoms with van der Waals surface area (Å²) in [4.78, 5) is 37.0. The zero-order valence-electron chi connectivity index (χ0n) is 20.3. The van der Waals surface area contributed by atoms with Crippen LogP contribution in [0.3, 0.4) is 0 Å². The van der Waals surface area contributed by atoms with Crippen LogP contribution in [0.4, 0.5) is 4.79 Å². The van der Waals surface area contributed by atoms with Crippen LogP contribution in [-0.4, -0.2) is 40.8 Å². The van der Waals surface area contributed by atoms with Crippen LogP contribution in [0.1, 0.15) is 70.4 Å². The number of rotatable bonds is 10. The third-order valence-corrected chi connectivity index (χ3v) is 6.74. The Bertz CT molecular complexity index is 1010. The molecule has 7 nitrogen and oxygen atoms in total. The van der Waals surface area contributed by atoms with Crippen molar-refractivity contribution in [3.8, 4) is 11.1 Å². The molecule has 0 saturated carbocycles. The molecular weight excluding hydrogens is 432 g/mol. The van der Waals surface area contributed by atoms with E-state index < -0.39 is 23.1 Å². The summed E-state index contributed by atoms with van der Waals surface area (Å²) in [5.74, 6) is -1.34. The molecule has 0 radical (unpaired) electrons. The average molecular weight is 467 g/mol. The minimum Gasteiger partial charge on any atom is -0.481 e. The third-order valence-electron chi connectivity index (χ3n) is 6.74. The highest BCUT2D eigenvalue weighted by Crippen LogP contribution is 2.44. The maximum absolute atomic E-state index is 13.2. The first kappa shape index (κ1) is 25.3. The number of carboxylic acid groups (broad SMARTS) is 1. The Balaban J connectivity index is 1.68. The van der Waals surface area contributed by atoms with Crippen molar-refractivity contribution in [1.82, 2.24) is 10.6 Å². The van der Waals surface area contributed by atoms with Crippen LogP contribution in [-0.2, 0) is 14.3 Å². The van der Waals surface area contributed by atoms with E-state index in [1.807, 2.05) is 38.1 Å². The van der Waals surface area contributed by atoms with Crippen molar-refractivity contribution < 1.29 is 24.2 Å². The molecule has 0 aliphatic heterocycles. The number of hydrogen-bond acceptors (Lipinski definition) is 4. The number of aliphatic carboxylic acids is 1. The van der Waals surface area contributed by atoms with Gasteiger partial charge in [0.25, 0.3) is 0 Å². The second-order valence-corrected chi connectivity index (χ2v) is 9.47. The second-order valence-electron chi connectivity index (χ2n) is 9.47. The van der Waals surface area contributed by atoms with Crippen LogP contribution in [0.25, 0.3) is 11.1 Å². The molecule has 2 aromatic rings. The van der Waals surface area contributed by atoms with Gasteiger partial charge in [0.1, 0.15) is 12.1 Å². The van der Waals surface area contributed by atoms with Crippen molar-refractivity contribution in [3.63, 3.8) is 0 Å². The quantitative estimate of drug-likeness (QED) is 0.465. The highest BCUT2D eigenvalue weighted by atomic mass is 16.5. The normalized spacial score (nSPS) is 13.1. The van der Waals surface area contributed by atoms with E-state index in [0.717, 1.165) is 22.3 Å². The number of carboxylic acids is 1. The molecule has 0 fully saturated rings. The van der Waals surface area contributed by atoms with Crippen LogP contribution in [0, 0.1) is 0 Å². The van der Waals surface area contributed by atoms with Crippen molar-refractivity contribution in [2.45, 2.75) is 70.4 Å². The van der Waals surface area contributed by atoms with E-state index >= 15 is 0 Å². The molecular formula is C27H34N2O5. The van der Waals surface area contributed by atoms with E-state index in [1.165, 1.54) is 0 Å². The van der Waals surface area contributed by atoms with Crippen molar-refractivity contribution in [3.05, 3.63) is 59.7 Å². The van der Waals surface area contributed by atoms with Crippen LogP contribution >= 0.6 is 0 Å². The molecule has 182 valence electrons. The summed E-state index contributed by atoms with van der Waals surface area (Å²) in [7, 11) is 0. The molecule has 0 aromatic heterocycles. The van der Waals surface area contributed by atoms with E-state index in [9.17, 15) is 14.4 Å². The summed E-state index contributed by atoms with van der Waals surface area (Å²) in [6.45, 7) is 7.37. The van der Waals surface area contributed by atoms with E-state index in [2.05, 4.69) is 34.9 Å². The lowest BCUT2D eigenvalue weighted by Crippen LogP contribution is -2.61. The van der Waals surface area contributed by atoms with Gasteiger partial charge in [-0.2, -0.15) is 0 Å². The number of fused-ring (bicyclic) bond motifs is 3. The van der Waals surface area contributed by atoms with Crippen LogP contribution in [0.15, 0.2) is 48.5 Å². The second kappa shape index (κ2) is 10.3. The summed E-state index contributed by atoms with van der Waals surface area (Å²) in [5, 5.41) is 14.7. The number of amides is 2. The molecule has 0 spiro atoms. The minimum atomic E-state index is -1.15. The van der Waals surface area contributed by atoms with Crippen molar-refractivity contribution >= 4 is 18.0 Å². The van der Waals surface area contributed by atoms with Gasteiger partial charge in [-0.3, -0.25) is 9.59 Å². The molecule has 7 heteroatoms. The van der Waals surface area contributed by atoms with Crippen molar-refractivity contribution in [1.29, 1.82) is 0 Å². The molecule has 3 N–H and O–H groups in total. The zero-order valence-corrected chi connectivity index (χ0v) is 20.3. The molecule has 1 aliphatic rings. The summed E-state index contributed by atoms with van der Waals surface area (Å²) < 4.78 is 5.65. The molecule has 0 saturated heterocycles. The Morgan fingerprint density at radius 2 is 1.44 bits per heavy atom. The Morgan fingerprint density at radius 3 is 1.94 bits per heavy atom. The van der Waals surface area contributed by atoms with E-state index in [-0.39, 0.29) is 31.3 Å². The van der Waals surface area contributed by atoms with Gasteiger partial charge in [-0.05, 0) is 55.4 Å². The first-order chi connectivity index (χ1) is 16.1. The molecule has 34 heavy (non-hydrogen) atoms. The molecule has 0 heterocycles. The van der Waals surface area contributed by atoms with Crippen LogP contribution < -0.4 is 10.6 Å². The summed E-state index contributed by atoms with van der Waals surface area (Å²) in [6.07, 6.45) is 0.313. The lowest BCUT2D eigenvalue weighted by molar-refractivity contribution is -0.138. The molecule has 0 bridgehead atoms. The SMILES string of the molecule is CCC(CC)(NC(=O)OCC1c2ccccc2-c2ccccc21)C(=O)NC(C)(C)CCC(=O)O. The topological polar surface area (TPSA) is 105 Å². The van der Waals surface area contributed by atoms with Gasteiger partial charge in [0.05, 0.1) is 0 Å². The fraction of sp³-hybridized carbons (Fsp3) is 0.444. The minimum absolute atomic E-state index is 0.0572. The maximum atomic E-state index is 13.2. The predicted molar refractivity (Wildman–Crippen MR) is 131 cm³/mol. The lowest BCUT2D eigenvalue weighted by Gasteiger charge is -2.35. The Labute approximate surface area is 200 Å². The van der Waals surface area contributed by atoms with Gasteiger partial charge in [-0.1, -0.05) is 62.4 Å². The van der Waals surface area contributed by atoms with Gasteiger partial charge in [-0.15, -0.1) is 0 Å². The Morgan fingerprint density at radius 1 is 0.912 bits per heavy atom. The molecule has 2 aromatic carbocycles. The van der Waals surface area contributed by atoms with E-state index in [4.69, 9.17) is 9.84 Å². The monoisotopic (exact) mass is 466 g/mol. The fourth-order valence-electron chi connectivity index (χ4n) is 4.54. The standard InChI is InChI=1S/C27H34N2O5/c1-5-27(6-2,24(32)28-26(3,4)16-15-23(30)31)29-25(33)34-17-22-20-13-9-7-11-18(20)19-12-8-10-14-21(19)22/h7-14,22H,5-6,15-17H2,1-4H3,(H,28,32)(H,29,33)(H,30,31). The van der Waals surface area contributed by atoms with Gasteiger partial charge < -0.3 is 20.5 Å². The molecule has 0 unspecified atom stereocenters. The smallest absolute Gasteiger partial charge is 0.408 e. The number of alkyl carbamates (subject to hydrolysis) is 1. The largest absolute Gasteiger partial charge is 0.481 e. The summed E-state index contributed by atoms with van der Waals surface area (Å²) in [6, 6.07) is 16.2. The Hall–Kier alpha value is -3.35. The lowest BCUT2D eigenvalue weighted by atomic mass is 9.89. The first-order valence-corrected chi connectivity index (χ1v) is 11.8. The van der Waals surface area contributed by atoms with Gasteiger partial charge in [0.15, 0.2) is 0 Å². The van der Waals surface area contributed by atoms with Gasteiger partial charge >= 0.3 is 12.1 Å². The highest BCUT2D eigenvalue weighted by Gasteiger charge is 2.40. The van der Waals surface area contributed by atoms with Gasteiger partial charge in [0, 0.05) is 17.9 Å². The van der Waals surface area contributed by atoms with Crippen LogP contribution in [0.2, 0.25) is 0 Å². The predicted octanol–water partition coefficient (Wildman–Crippen LogP) is 4.84. The number of nitrogens with one attached hydrogen (secondary N) is 2. The maximum Gasteiger partial charge on any atom is 0.408 e. The molecule has 1 aliphatic carbocycles. The van der Waals surface area contributed by atoms with Crippen LogP contribution in [0.5, 0.6) is 0 Å². The molecule has 3 rings (SSSR count). The highest BCUT2D eigenvalue weighted by molar-refractivity contribution is 5.90. The number of hydrogen-bond donors (Lipinski definition) is 3. The zero-order chi connectivity index (χ0) is 24.9. The number of benzene rings is 2. The van der Waals surface area contributed by atoms with E-state index in [1.54, 1.807) is 13.8 Å². The first-order valence-electron chi connectivity index (χ1n) is 11.8.